The van der Waals surface area contributed by atoms with E-state index >= 15 is 0 Å². The number of allylic oxidation sites excluding steroid dienone is 1. The molecular weight excluding hydrogens is 570 g/mol. The van der Waals surface area contributed by atoms with Crippen molar-refractivity contribution in [1.29, 1.82) is 0 Å². The van der Waals surface area contributed by atoms with Gasteiger partial charge in [-0.05, 0) is 71.4 Å². The largest absolute Gasteiger partial charge is 0.507 e. The SMILES string of the molecule is COc1cccc([C@@H]2C(C(=O)Nc3ccccc3)=C(C)N=c3s/c(=C/c4cc(C(C)(C)C)c(O)c(C(C)(C)C)c4)c(=O)n32)c1. The lowest BCUT2D eigenvalue weighted by Crippen LogP contribution is -2.40. The van der Waals surface area contributed by atoms with E-state index in [0.29, 0.717) is 32.0 Å². The minimum absolute atomic E-state index is 0.248. The summed E-state index contributed by atoms with van der Waals surface area (Å²) in [4.78, 5) is 33.4. The number of amides is 1. The number of ether oxygens (including phenoxy) is 1. The Labute approximate surface area is 261 Å². The molecule has 2 N–H and O–H groups in total. The second-order valence-corrected chi connectivity index (χ2v) is 14.2. The predicted molar refractivity (Wildman–Crippen MR) is 177 cm³/mol. The number of phenolic OH excluding ortho intramolecular Hbond substituents is 1. The van der Waals surface area contributed by atoms with Gasteiger partial charge < -0.3 is 15.2 Å². The highest BCUT2D eigenvalue weighted by Gasteiger charge is 2.33. The number of anilines is 1. The van der Waals surface area contributed by atoms with Crippen LogP contribution in [0.5, 0.6) is 11.5 Å². The van der Waals surface area contributed by atoms with Gasteiger partial charge in [-0.15, -0.1) is 0 Å². The van der Waals surface area contributed by atoms with Gasteiger partial charge in [0, 0.05) is 16.8 Å². The number of hydrogen-bond acceptors (Lipinski definition) is 6. The van der Waals surface area contributed by atoms with Crippen LogP contribution in [-0.4, -0.2) is 22.7 Å². The summed E-state index contributed by atoms with van der Waals surface area (Å²) in [5.74, 6) is 0.574. The fourth-order valence-electron chi connectivity index (χ4n) is 5.49. The number of rotatable bonds is 5. The Bertz CT molecular complexity index is 1920. The molecule has 44 heavy (non-hydrogen) atoms. The molecule has 0 saturated carbocycles. The summed E-state index contributed by atoms with van der Waals surface area (Å²) in [6.45, 7) is 14.2. The van der Waals surface area contributed by atoms with Crippen LogP contribution in [0.15, 0.2) is 87.8 Å². The van der Waals surface area contributed by atoms with Crippen LogP contribution in [0, 0.1) is 0 Å². The standard InChI is InChI=1S/C36H39N3O4S/c1-21-29(32(41)38-24-14-10-9-11-15-24)30(23-13-12-16-25(20-23)43-8)39-33(42)28(44-34(39)37-21)19-22-17-26(35(2,3)4)31(40)27(18-22)36(5,6)7/h9-20,30,40H,1-8H3,(H,38,41)/b28-19+/t30-/m1/s1. The summed E-state index contributed by atoms with van der Waals surface area (Å²) in [5.41, 5.74) is 3.88. The number of benzene rings is 3. The Balaban J connectivity index is 1.72. The maximum atomic E-state index is 14.3. The molecule has 0 unspecified atom stereocenters. The van der Waals surface area contributed by atoms with Crippen LogP contribution in [0.2, 0.25) is 0 Å². The zero-order valence-electron chi connectivity index (χ0n) is 26.5. The number of nitrogens with zero attached hydrogens (tertiary/aromatic N) is 2. The molecule has 0 aliphatic carbocycles. The molecule has 0 fully saturated rings. The normalized spacial score (nSPS) is 15.5. The zero-order valence-corrected chi connectivity index (χ0v) is 27.3. The number of phenols is 1. The average Bonchev–Trinajstić information content (AvgIpc) is 3.26. The quantitative estimate of drug-likeness (QED) is 0.283. The van der Waals surface area contributed by atoms with Crippen molar-refractivity contribution in [3.63, 3.8) is 0 Å². The summed E-state index contributed by atoms with van der Waals surface area (Å²) >= 11 is 1.29. The molecule has 3 aromatic carbocycles. The van der Waals surface area contributed by atoms with Crippen LogP contribution in [0.1, 0.15) is 76.8 Å². The number of aromatic hydroxyl groups is 1. The number of nitrogens with one attached hydrogen (secondary N) is 1. The lowest BCUT2D eigenvalue weighted by Gasteiger charge is -2.27. The summed E-state index contributed by atoms with van der Waals surface area (Å²) in [6, 6.07) is 19.8. The molecule has 1 aromatic heterocycles. The van der Waals surface area contributed by atoms with Gasteiger partial charge in [0.05, 0.1) is 29.0 Å². The van der Waals surface area contributed by atoms with Crippen molar-refractivity contribution in [3.8, 4) is 11.5 Å². The highest BCUT2D eigenvalue weighted by atomic mass is 32.1. The summed E-state index contributed by atoms with van der Waals surface area (Å²) in [5, 5.41) is 14.2. The Morgan fingerprint density at radius 2 is 1.61 bits per heavy atom. The third-order valence-electron chi connectivity index (χ3n) is 7.75. The van der Waals surface area contributed by atoms with E-state index in [-0.39, 0.29) is 28.0 Å². The molecular formula is C36H39N3O4S. The fourth-order valence-corrected chi connectivity index (χ4v) is 6.54. The van der Waals surface area contributed by atoms with Crippen molar-refractivity contribution in [1.82, 2.24) is 4.57 Å². The van der Waals surface area contributed by atoms with Crippen LogP contribution in [0.4, 0.5) is 5.69 Å². The second-order valence-electron chi connectivity index (χ2n) is 13.1. The van der Waals surface area contributed by atoms with E-state index in [9.17, 15) is 14.7 Å². The molecule has 1 aliphatic rings. The molecule has 5 rings (SSSR count). The van der Waals surface area contributed by atoms with Gasteiger partial charge in [0.2, 0.25) is 0 Å². The smallest absolute Gasteiger partial charge is 0.271 e. The number of hydrogen-bond donors (Lipinski definition) is 2. The van der Waals surface area contributed by atoms with Gasteiger partial charge in [0.15, 0.2) is 4.80 Å². The van der Waals surface area contributed by atoms with E-state index in [1.165, 1.54) is 11.3 Å². The maximum absolute atomic E-state index is 14.3. The van der Waals surface area contributed by atoms with Crippen LogP contribution in [-0.2, 0) is 15.6 Å². The molecule has 8 heteroatoms. The number of aromatic nitrogens is 1. The first kappa shape index (κ1) is 31.0. The molecule has 228 valence electrons. The van der Waals surface area contributed by atoms with Crippen LogP contribution < -0.4 is 24.9 Å². The monoisotopic (exact) mass is 609 g/mol. The first-order chi connectivity index (χ1) is 20.7. The first-order valence-electron chi connectivity index (χ1n) is 14.6. The molecule has 2 heterocycles. The number of fused-ring (bicyclic) bond motifs is 1. The fraction of sp³-hybridized carbons (Fsp3) is 0.306. The molecule has 4 aromatic rings. The molecule has 7 nitrogen and oxygen atoms in total. The Morgan fingerprint density at radius 3 is 2.20 bits per heavy atom. The molecule has 0 saturated heterocycles. The van der Waals surface area contributed by atoms with Crippen molar-refractivity contribution < 1.29 is 14.6 Å². The number of thiazole rings is 1. The zero-order chi connectivity index (χ0) is 32.0. The Kier molecular flexibility index (Phi) is 8.16. The van der Waals surface area contributed by atoms with Crippen molar-refractivity contribution >= 4 is 29.0 Å². The van der Waals surface area contributed by atoms with Crippen molar-refractivity contribution in [3.05, 3.63) is 120 Å². The van der Waals surface area contributed by atoms with E-state index in [0.717, 1.165) is 22.3 Å². The highest BCUT2D eigenvalue weighted by molar-refractivity contribution is 7.07. The first-order valence-corrected chi connectivity index (χ1v) is 15.4. The van der Waals surface area contributed by atoms with Crippen molar-refractivity contribution in [2.24, 2.45) is 4.99 Å². The molecule has 1 amide bonds. The van der Waals surface area contributed by atoms with Gasteiger partial charge in [-0.2, -0.15) is 0 Å². The summed E-state index contributed by atoms with van der Waals surface area (Å²) in [7, 11) is 1.59. The van der Waals surface area contributed by atoms with Crippen LogP contribution in [0.25, 0.3) is 6.08 Å². The number of methoxy groups -OCH3 is 1. The number of para-hydroxylation sites is 1. The third-order valence-corrected chi connectivity index (χ3v) is 8.74. The molecule has 0 radical (unpaired) electrons. The summed E-state index contributed by atoms with van der Waals surface area (Å²) < 4.78 is 7.59. The molecule has 0 bridgehead atoms. The van der Waals surface area contributed by atoms with Gasteiger partial charge in [0.1, 0.15) is 11.5 Å². The van der Waals surface area contributed by atoms with E-state index in [1.807, 2.05) is 72.8 Å². The minimum Gasteiger partial charge on any atom is -0.507 e. The van der Waals surface area contributed by atoms with Gasteiger partial charge >= 0.3 is 0 Å². The topological polar surface area (TPSA) is 92.9 Å². The minimum atomic E-state index is -0.720. The number of carbonyl (C=O) groups is 1. The van der Waals surface area contributed by atoms with Gasteiger partial charge in [0.25, 0.3) is 11.5 Å². The van der Waals surface area contributed by atoms with Crippen LogP contribution >= 0.6 is 11.3 Å². The van der Waals surface area contributed by atoms with Gasteiger partial charge in [-0.3, -0.25) is 14.2 Å². The third kappa shape index (κ3) is 5.99. The van der Waals surface area contributed by atoms with E-state index in [4.69, 9.17) is 9.73 Å². The average molecular weight is 610 g/mol. The van der Waals surface area contributed by atoms with Crippen LogP contribution in [0.3, 0.4) is 0 Å². The second kappa shape index (κ2) is 11.6. The lowest BCUT2D eigenvalue weighted by molar-refractivity contribution is -0.113. The number of carbonyl (C=O) groups excluding carboxylic acids is 1. The Morgan fingerprint density at radius 1 is 0.977 bits per heavy atom. The molecule has 1 atom stereocenters. The maximum Gasteiger partial charge on any atom is 0.271 e. The lowest BCUT2D eigenvalue weighted by atomic mass is 9.78. The van der Waals surface area contributed by atoms with E-state index in [2.05, 4.69) is 46.9 Å². The molecule has 1 aliphatic heterocycles. The summed E-state index contributed by atoms with van der Waals surface area (Å²) in [6.07, 6.45) is 1.86. The van der Waals surface area contributed by atoms with Gasteiger partial charge in [-0.1, -0.05) is 83.2 Å². The predicted octanol–water partition coefficient (Wildman–Crippen LogP) is 6.18. The highest BCUT2D eigenvalue weighted by Crippen LogP contribution is 2.40. The Hall–Kier alpha value is -4.43. The van der Waals surface area contributed by atoms with E-state index < -0.39 is 6.04 Å². The van der Waals surface area contributed by atoms with E-state index in [1.54, 1.807) is 18.6 Å². The van der Waals surface area contributed by atoms with Crippen molar-refractivity contribution in [2.75, 3.05) is 12.4 Å². The van der Waals surface area contributed by atoms with Gasteiger partial charge in [-0.25, -0.2) is 4.99 Å². The molecule has 0 spiro atoms. The van der Waals surface area contributed by atoms with Crippen molar-refractivity contribution in [2.45, 2.75) is 65.3 Å².